The molecule has 0 fully saturated rings. The zero-order chi connectivity index (χ0) is 24.6. The second kappa shape index (κ2) is 9.05. The number of methoxy groups -OCH3 is 1. The van der Waals surface area contributed by atoms with Gasteiger partial charge in [-0.2, -0.15) is 9.61 Å². The lowest BCUT2D eigenvalue weighted by atomic mass is 10.1. The fourth-order valence-electron chi connectivity index (χ4n) is 4.06. The van der Waals surface area contributed by atoms with Crippen LogP contribution in [0.15, 0.2) is 18.3 Å². The second-order valence-corrected chi connectivity index (χ2v) is 9.20. The van der Waals surface area contributed by atoms with Crippen LogP contribution in [-0.4, -0.2) is 60.8 Å². The van der Waals surface area contributed by atoms with Crippen LogP contribution < -0.4 is 15.4 Å². The number of hydrogen-bond acceptors (Lipinski definition) is 8. The van der Waals surface area contributed by atoms with E-state index in [1.807, 2.05) is 24.9 Å². The normalized spacial score (nSPS) is 12.1. The first-order valence-electron chi connectivity index (χ1n) is 11.2. The maximum absolute atomic E-state index is 14.1. The third-order valence-corrected chi connectivity index (χ3v) is 5.76. The molecule has 0 spiro atoms. The van der Waals surface area contributed by atoms with Crippen molar-refractivity contribution < 1.29 is 14.2 Å². The largest absolute Gasteiger partial charge is 0.494 e. The quantitative estimate of drug-likeness (QED) is 0.358. The molecule has 4 aromatic rings. The average molecular weight is 471 g/mol. The van der Waals surface area contributed by atoms with Crippen LogP contribution in [-0.2, 0) is 13.0 Å². The molecule has 0 saturated heterocycles. The average Bonchev–Trinajstić information content (AvgIpc) is 3.35. The first kappa shape index (κ1) is 23.7. The summed E-state index contributed by atoms with van der Waals surface area (Å²) < 4.78 is 22.6. The van der Waals surface area contributed by atoms with E-state index in [0.717, 1.165) is 30.8 Å². The van der Waals surface area contributed by atoms with Crippen molar-refractivity contribution in [2.75, 3.05) is 31.3 Å². The van der Waals surface area contributed by atoms with Crippen LogP contribution in [0.5, 0.6) is 5.75 Å². The minimum atomic E-state index is -0.825. The van der Waals surface area contributed by atoms with Crippen molar-refractivity contribution in [3.05, 3.63) is 35.7 Å². The second-order valence-electron chi connectivity index (χ2n) is 9.20. The van der Waals surface area contributed by atoms with Gasteiger partial charge in [0.2, 0.25) is 5.95 Å². The molecule has 0 aliphatic carbocycles. The Balaban J connectivity index is 1.43. The molecule has 182 valence electrons. The Hall–Kier alpha value is -3.47. The minimum absolute atomic E-state index is 0.171. The van der Waals surface area contributed by atoms with Crippen molar-refractivity contribution >= 4 is 28.2 Å². The number of halogens is 1. The summed E-state index contributed by atoms with van der Waals surface area (Å²) in [5, 5.41) is 19.5. The van der Waals surface area contributed by atoms with E-state index in [1.54, 1.807) is 13.8 Å². The fourth-order valence-corrected chi connectivity index (χ4v) is 4.06. The van der Waals surface area contributed by atoms with Gasteiger partial charge in [0.1, 0.15) is 17.1 Å². The predicted molar refractivity (Wildman–Crippen MR) is 129 cm³/mol. The number of nitrogens with zero attached hydrogens (tertiary/aromatic N) is 7. The molecule has 0 atom stereocenters. The van der Waals surface area contributed by atoms with Crippen LogP contribution in [0, 0.1) is 12.7 Å². The SMILES string of the molecule is COc1cc(F)cc2c1nc(N)n1nc(CCCCN(C)c3cnn(CC(C)(C)O)c3C)nc21. The lowest BCUT2D eigenvalue weighted by molar-refractivity contribution is 0.0571. The van der Waals surface area contributed by atoms with E-state index in [2.05, 4.69) is 25.1 Å². The molecule has 0 aliphatic heterocycles. The van der Waals surface area contributed by atoms with Crippen LogP contribution >= 0.6 is 0 Å². The molecule has 0 aliphatic rings. The Morgan fingerprint density at radius 1 is 1.24 bits per heavy atom. The number of ether oxygens (including phenoxy) is 1. The number of anilines is 2. The van der Waals surface area contributed by atoms with Gasteiger partial charge in [0.05, 0.1) is 42.2 Å². The van der Waals surface area contributed by atoms with E-state index in [1.165, 1.54) is 23.8 Å². The number of aryl methyl sites for hydroxylation is 1. The van der Waals surface area contributed by atoms with Crippen LogP contribution in [0.4, 0.5) is 16.0 Å². The molecule has 0 radical (unpaired) electrons. The summed E-state index contributed by atoms with van der Waals surface area (Å²) >= 11 is 0. The van der Waals surface area contributed by atoms with Crippen molar-refractivity contribution in [1.29, 1.82) is 0 Å². The Bertz CT molecular complexity index is 1320. The summed E-state index contributed by atoms with van der Waals surface area (Å²) in [6.45, 7) is 6.81. The van der Waals surface area contributed by atoms with E-state index >= 15 is 0 Å². The Morgan fingerprint density at radius 3 is 2.71 bits per heavy atom. The number of hydrogen-bond donors (Lipinski definition) is 2. The maximum Gasteiger partial charge on any atom is 0.223 e. The summed E-state index contributed by atoms with van der Waals surface area (Å²) in [7, 11) is 3.49. The molecule has 3 heterocycles. The van der Waals surface area contributed by atoms with Gasteiger partial charge in [0.15, 0.2) is 11.5 Å². The molecule has 1 aromatic carbocycles. The molecular formula is C23H31FN8O2. The van der Waals surface area contributed by atoms with E-state index in [9.17, 15) is 9.50 Å². The van der Waals surface area contributed by atoms with Gasteiger partial charge in [-0.15, -0.1) is 5.10 Å². The molecule has 0 bridgehead atoms. The third-order valence-electron chi connectivity index (χ3n) is 5.76. The van der Waals surface area contributed by atoms with Gasteiger partial charge in [-0.05, 0) is 39.7 Å². The monoisotopic (exact) mass is 470 g/mol. The summed E-state index contributed by atoms with van der Waals surface area (Å²) in [4.78, 5) is 11.1. The van der Waals surface area contributed by atoms with Gasteiger partial charge in [0.25, 0.3) is 0 Å². The number of benzene rings is 1. The molecule has 3 N–H and O–H groups in total. The number of rotatable bonds is 9. The lowest BCUT2D eigenvalue weighted by Gasteiger charge is -2.21. The van der Waals surface area contributed by atoms with Crippen molar-refractivity contribution in [3.8, 4) is 5.75 Å². The highest BCUT2D eigenvalue weighted by atomic mass is 19.1. The molecular weight excluding hydrogens is 439 g/mol. The molecule has 0 saturated carbocycles. The standard InChI is InChI=1S/C23H31FN8O2/c1-14-17(12-26-31(14)13-23(2,3)33)30(4)9-7-6-8-19-27-21-16-10-15(24)11-18(34-5)20(16)28-22(25)32(21)29-19/h10-12,33H,6-9,13H2,1-5H3,(H2,25,28). The summed E-state index contributed by atoms with van der Waals surface area (Å²) in [5.41, 5.74) is 8.23. The summed E-state index contributed by atoms with van der Waals surface area (Å²) in [6, 6.07) is 2.64. The highest BCUT2D eigenvalue weighted by molar-refractivity contribution is 5.95. The number of nitrogens with two attached hydrogens (primary N) is 1. The molecule has 3 aromatic heterocycles. The molecule has 4 rings (SSSR count). The van der Waals surface area contributed by atoms with Gasteiger partial charge in [-0.1, -0.05) is 0 Å². The Labute approximate surface area is 197 Å². The maximum atomic E-state index is 14.1. The molecule has 11 heteroatoms. The number of nitrogen functional groups attached to an aromatic ring is 1. The predicted octanol–water partition coefficient (Wildman–Crippen LogP) is 2.74. The highest BCUT2D eigenvalue weighted by Crippen LogP contribution is 2.29. The summed E-state index contributed by atoms with van der Waals surface area (Å²) in [6.07, 6.45) is 4.26. The van der Waals surface area contributed by atoms with E-state index in [4.69, 9.17) is 10.5 Å². The fraction of sp³-hybridized carbons (Fsp3) is 0.478. The highest BCUT2D eigenvalue weighted by Gasteiger charge is 2.19. The third kappa shape index (κ3) is 4.74. The summed E-state index contributed by atoms with van der Waals surface area (Å²) in [5.74, 6) is 0.662. The Morgan fingerprint density at radius 2 is 2.00 bits per heavy atom. The van der Waals surface area contributed by atoms with Gasteiger partial charge < -0.3 is 20.5 Å². The number of unbranched alkanes of at least 4 members (excludes halogenated alkanes) is 1. The van der Waals surface area contributed by atoms with Crippen LogP contribution in [0.25, 0.3) is 16.6 Å². The first-order valence-corrected chi connectivity index (χ1v) is 11.2. The number of aliphatic hydroxyl groups is 1. The van der Waals surface area contributed by atoms with Crippen LogP contribution in [0.3, 0.4) is 0 Å². The zero-order valence-electron chi connectivity index (χ0n) is 20.2. The smallest absolute Gasteiger partial charge is 0.223 e. The first-order chi connectivity index (χ1) is 16.1. The number of aromatic nitrogens is 6. The molecule has 0 unspecified atom stereocenters. The van der Waals surface area contributed by atoms with Crippen LogP contribution in [0.2, 0.25) is 0 Å². The van der Waals surface area contributed by atoms with Crippen molar-refractivity contribution in [2.45, 2.75) is 52.2 Å². The zero-order valence-corrected chi connectivity index (χ0v) is 20.2. The minimum Gasteiger partial charge on any atom is -0.494 e. The van der Waals surface area contributed by atoms with Crippen LogP contribution in [0.1, 0.15) is 38.2 Å². The van der Waals surface area contributed by atoms with Crippen molar-refractivity contribution in [1.82, 2.24) is 29.4 Å². The molecule has 10 nitrogen and oxygen atoms in total. The van der Waals surface area contributed by atoms with Gasteiger partial charge in [-0.3, -0.25) is 4.68 Å². The van der Waals surface area contributed by atoms with Gasteiger partial charge in [-0.25, -0.2) is 14.4 Å². The van der Waals surface area contributed by atoms with E-state index in [0.29, 0.717) is 41.1 Å². The van der Waals surface area contributed by atoms with E-state index in [-0.39, 0.29) is 5.95 Å². The van der Waals surface area contributed by atoms with Gasteiger partial charge in [0, 0.05) is 26.1 Å². The Kier molecular flexibility index (Phi) is 6.30. The molecule has 0 amide bonds. The molecule has 34 heavy (non-hydrogen) atoms. The van der Waals surface area contributed by atoms with Crippen molar-refractivity contribution in [2.24, 2.45) is 0 Å². The van der Waals surface area contributed by atoms with Gasteiger partial charge >= 0.3 is 0 Å². The topological polar surface area (TPSA) is 120 Å². The number of fused-ring (bicyclic) bond motifs is 3. The van der Waals surface area contributed by atoms with Crippen molar-refractivity contribution in [3.63, 3.8) is 0 Å². The lowest BCUT2D eigenvalue weighted by Crippen LogP contribution is -2.27. The van der Waals surface area contributed by atoms with E-state index < -0.39 is 11.4 Å².